The third-order valence-corrected chi connectivity index (χ3v) is 4.57. The van der Waals surface area contributed by atoms with E-state index < -0.39 is 11.6 Å². The van der Waals surface area contributed by atoms with E-state index in [1.54, 1.807) is 6.07 Å². The summed E-state index contributed by atoms with van der Waals surface area (Å²) in [5.41, 5.74) is 5.55. The number of benzene rings is 3. The number of carbonyl (C=O) groups is 2. The van der Waals surface area contributed by atoms with Gasteiger partial charge >= 0.3 is 0 Å². The van der Waals surface area contributed by atoms with Crippen molar-refractivity contribution in [3.63, 3.8) is 0 Å². The summed E-state index contributed by atoms with van der Waals surface area (Å²) in [6, 6.07) is 18.0. The van der Waals surface area contributed by atoms with Gasteiger partial charge in [0.25, 0.3) is 0 Å². The first-order chi connectivity index (χ1) is 10.8. The van der Waals surface area contributed by atoms with Crippen LogP contribution in [0.3, 0.4) is 0 Å². The molecule has 0 atom stereocenters. The molecule has 0 N–H and O–H groups in total. The highest BCUT2D eigenvalue weighted by Crippen LogP contribution is 2.49. The molecule has 0 radical (unpaired) electrons. The van der Waals surface area contributed by atoms with Crippen molar-refractivity contribution < 1.29 is 9.59 Å². The van der Waals surface area contributed by atoms with Crippen LogP contribution in [0.5, 0.6) is 0 Å². The zero-order valence-corrected chi connectivity index (χ0v) is 11.6. The van der Waals surface area contributed by atoms with Crippen molar-refractivity contribution in [3.8, 4) is 11.1 Å². The van der Waals surface area contributed by atoms with Crippen LogP contribution >= 0.6 is 0 Å². The van der Waals surface area contributed by atoms with Crippen molar-refractivity contribution in [2.45, 2.75) is 0 Å². The average molecular weight is 282 g/mol. The summed E-state index contributed by atoms with van der Waals surface area (Å²) in [6.45, 7) is 0. The highest BCUT2D eigenvalue weighted by Gasteiger charge is 2.34. The maximum atomic E-state index is 12.2. The lowest BCUT2D eigenvalue weighted by Gasteiger charge is -2.13. The summed E-state index contributed by atoms with van der Waals surface area (Å²) in [6.07, 6.45) is 1.51. The normalized spacial score (nSPS) is 14.8. The molecule has 0 fully saturated rings. The summed E-state index contributed by atoms with van der Waals surface area (Å²) < 4.78 is 0. The van der Waals surface area contributed by atoms with Crippen molar-refractivity contribution >= 4 is 27.9 Å². The quantitative estimate of drug-likeness (QED) is 0.456. The second-order valence-corrected chi connectivity index (χ2v) is 5.69. The molecule has 0 saturated heterocycles. The Morgan fingerprint density at radius 1 is 0.636 bits per heavy atom. The van der Waals surface area contributed by atoms with Gasteiger partial charge in [-0.15, -0.1) is 0 Å². The van der Waals surface area contributed by atoms with Crippen LogP contribution in [0.1, 0.15) is 21.5 Å². The van der Waals surface area contributed by atoms with Gasteiger partial charge in [0, 0.05) is 11.1 Å². The highest BCUT2D eigenvalue weighted by molar-refractivity contribution is 6.52. The second-order valence-electron chi connectivity index (χ2n) is 5.69. The highest BCUT2D eigenvalue weighted by atomic mass is 16.2. The fourth-order valence-corrected chi connectivity index (χ4v) is 3.64. The summed E-state index contributed by atoms with van der Waals surface area (Å²) in [5, 5.41) is 2.26. The van der Waals surface area contributed by atoms with Crippen LogP contribution in [0.2, 0.25) is 0 Å². The Labute approximate surface area is 126 Å². The van der Waals surface area contributed by atoms with E-state index in [0.717, 1.165) is 38.6 Å². The van der Waals surface area contributed by atoms with Gasteiger partial charge in [-0.3, -0.25) is 9.59 Å². The van der Waals surface area contributed by atoms with E-state index >= 15 is 0 Å². The molecule has 0 spiro atoms. The Balaban J connectivity index is 2.01. The van der Waals surface area contributed by atoms with Crippen LogP contribution in [-0.4, -0.2) is 11.6 Å². The smallest absolute Gasteiger partial charge is 0.233 e. The molecule has 0 heterocycles. The van der Waals surface area contributed by atoms with Crippen LogP contribution in [-0.2, 0) is 4.79 Å². The predicted molar refractivity (Wildman–Crippen MR) is 85.8 cm³/mol. The number of hydrogen-bond donors (Lipinski definition) is 0. The van der Waals surface area contributed by atoms with E-state index in [1.165, 1.54) is 6.08 Å². The van der Waals surface area contributed by atoms with Gasteiger partial charge < -0.3 is 0 Å². The van der Waals surface area contributed by atoms with E-state index in [1.807, 2.05) is 24.3 Å². The molecular weight excluding hydrogens is 272 g/mol. The minimum absolute atomic E-state index is 0.405. The minimum atomic E-state index is -0.430. The number of Topliss-reactive ketones (excluding diaryl/α,β-unsaturated/α-hetero) is 1. The van der Waals surface area contributed by atoms with Gasteiger partial charge in [0.2, 0.25) is 11.6 Å². The van der Waals surface area contributed by atoms with E-state index in [9.17, 15) is 9.59 Å². The number of ketones is 2. The monoisotopic (exact) mass is 282 g/mol. The zero-order valence-electron chi connectivity index (χ0n) is 11.6. The molecule has 0 saturated carbocycles. The molecule has 0 aliphatic heterocycles. The number of rotatable bonds is 0. The van der Waals surface area contributed by atoms with E-state index in [-0.39, 0.29) is 0 Å². The van der Waals surface area contributed by atoms with Crippen LogP contribution in [0.15, 0.2) is 60.7 Å². The van der Waals surface area contributed by atoms with Crippen molar-refractivity contribution in [2.75, 3.05) is 0 Å². The summed E-state index contributed by atoms with van der Waals surface area (Å²) in [4.78, 5) is 24.2. The molecule has 2 heteroatoms. The van der Waals surface area contributed by atoms with Gasteiger partial charge in [-0.2, -0.15) is 0 Å². The molecule has 3 aromatic carbocycles. The number of fused-ring (bicyclic) bond motifs is 5. The average Bonchev–Trinajstić information content (AvgIpc) is 2.88. The van der Waals surface area contributed by atoms with Crippen LogP contribution in [0, 0.1) is 0 Å². The molecule has 0 unspecified atom stereocenters. The number of allylic oxidation sites excluding steroid dienone is 1. The van der Waals surface area contributed by atoms with E-state index in [2.05, 4.69) is 24.3 Å². The standard InChI is InChI=1S/C20H10O2/c21-17-10-16-18-12-5-2-1-4-11(12)8-9-14(18)13-6-3-7-15(19(13)16)20(17)22/h1-10H. The van der Waals surface area contributed by atoms with Gasteiger partial charge in [-0.25, -0.2) is 0 Å². The molecule has 3 aromatic rings. The van der Waals surface area contributed by atoms with Crippen molar-refractivity contribution in [1.29, 1.82) is 0 Å². The fourth-order valence-electron chi connectivity index (χ4n) is 3.64. The first-order valence-electron chi connectivity index (χ1n) is 7.22. The van der Waals surface area contributed by atoms with Gasteiger partial charge in [-0.1, -0.05) is 54.6 Å². The van der Waals surface area contributed by atoms with Gasteiger partial charge in [0.1, 0.15) is 0 Å². The lowest BCUT2D eigenvalue weighted by molar-refractivity contribution is -0.110. The summed E-state index contributed by atoms with van der Waals surface area (Å²) in [7, 11) is 0. The SMILES string of the molecule is O=C1C=C2c3c(cccc3-c3ccc4ccccc4c32)C1=O. The minimum Gasteiger partial charge on any atom is -0.286 e. The topological polar surface area (TPSA) is 34.1 Å². The third kappa shape index (κ3) is 1.25. The van der Waals surface area contributed by atoms with Gasteiger partial charge in [0.15, 0.2) is 0 Å². The molecule has 2 nitrogen and oxygen atoms in total. The molecule has 0 aromatic heterocycles. The molecule has 0 bridgehead atoms. The summed E-state index contributed by atoms with van der Waals surface area (Å²) >= 11 is 0. The van der Waals surface area contributed by atoms with Crippen molar-refractivity contribution in [2.24, 2.45) is 0 Å². The largest absolute Gasteiger partial charge is 0.286 e. The molecule has 22 heavy (non-hydrogen) atoms. The first kappa shape index (κ1) is 11.6. The molecule has 102 valence electrons. The molecule has 5 rings (SSSR count). The maximum absolute atomic E-state index is 12.2. The molecule has 2 aliphatic carbocycles. The van der Waals surface area contributed by atoms with Crippen molar-refractivity contribution in [1.82, 2.24) is 0 Å². The number of hydrogen-bond acceptors (Lipinski definition) is 2. The Hall–Kier alpha value is -3.00. The zero-order chi connectivity index (χ0) is 14.8. The van der Waals surface area contributed by atoms with Crippen LogP contribution in [0.25, 0.3) is 27.5 Å². The van der Waals surface area contributed by atoms with Crippen LogP contribution < -0.4 is 0 Å². The lowest BCUT2D eigenvalue weighted by Crippen LogP contribution is -2.18. The molecule has 0 amide bonds. The number of carbonyl (C=O) groups excluding carboxylic acids is 2. The fraction of sp³-hybridized carbons (Fsp3) is 0. The van der Waals surface area contributed by atoms with Gasteiger partial charge in [-0.05, 0) is 39.1 Å². The molecular formula is C20H10O2. The van der Waals surface area contributed by atoms with Gasteiger partial charge in [0.05, 0.1) is 0 Å². The maximum Gasteiger partial charge on any atom is 0.233 e. The Kier molecular flexibility index (Phi) is 2.01. The molecule has 2 aliphatic rings. The second kappa shape index (κ2) is 3.80. The van der Waals surface area contributed by atoms with Crippen molar-refractivity contribution in [3.05, 3.63) is 77.4 Å². The van der Waals surface area contributed by atoms with E-state index in [0.29, 0.717) is 5.56 Å². The third-order valence-electron chi connectivity index (χ3n) is 4.57. The predicted octanol–water partition coefficient (Wildman–Crippen LogP) is 4.02. The Morgan fingerprint density at radius 3 is 2.32 bits per heavy atom. The first-order valence-corrected chi connectivity index (χ1v) is 7.22. The Morgan fingerprint density at radius 2 is 1.41 bits per heavy atom. The lowest BCUT2D eigenvalue weighted by atomic mass is 9.88. The van der Waals surface area contributed by atoms with Crippen LogP contribution in [0.4, 0.5) is 0 Å². The van der Waals surface area contributed by atoms with E-state index in [4.69, 9.17) is 0 Å². The summed E-state index contributed by atoms with van der Waals surface area (Å²) in [5.74, 6) is -0.835. The Bertz CT molecular complexity index is 1050.